The minimum absolute atomic E-state index is 0.0293. The summed E-state index contributed by atoms with van der Waals surface area (Å²) in [5.41, 5.74) is 2.57. The van der Waals surface area contributed by atoms with Crippen molar-refractivity contribution in [2.75, 3.05) is 26.2 Å². The third-order valence-corrected chi connectivity index (χ3v) is 6.06. The van der Waals surface area contributed by atoms with Crippen molar-refractivity contribution in [1.82, 2.24) is 14.8 Å². The molecule has 1 aromatic heterocycles. The number of carbonyl (C=O) groups excluding carboxylic acids is 2. The predicted molar refractivity (Wildman–Crippen MR) is 114 cm³/mol. The van der Waals surface area contributed by atoms with Gasteiger partial charge in [0.2, 0.25) is 0 Å². The molecule has 2 amide bonds. The summed E-state index contributed by atoms with van der Waals surface area (Å²) in [5, 5.41) is 11.1. The maximum Gasteiger partial charge on any atom is 0.254 e. The molecule has 2 aromatic carbocycles. The number of nitrogens with zero attached hydrogens (tertiary/aromatic N) is 3. The average Bonchev–Trinajstić information content (AvgIpc) is 3.56. The fourth-order valence-electron chi connectivity index (χ4n) is 4.07. The molecule has 0 bridgehead atoms. The molecule has 0 spiro atoms. The van der Waals surface area contributed by atoms with E-state index in [1.807, 2.05) is 42.5 Å². The first-order valence-corrected chi connectivity index (χ1v) is 10.3. The Kier molecular flexibility index (Phi) is 4.51. The van der Waals surface area contributed by atoms with Crippen LogP contribution in [-0.4, -0.2) is 63.5 Å². The van der Waals surface area contributed by atoms with Crippen molar-refractivity contribution in [1.29, 1.82) is 0 Å². The second-order valence-electron chi connectivity index (χ2n) is 8.07. The van der Waals surface area contributed by atoms with Gasteiger partial charge in [-0.3, -0.25) is 14.6 Å². The summed E-state index contributed by atoms with van der Waals surface area (Å²) >= 11 is 0. The SMILES string of the molecule is O=C(c1ccc(-c2cccc3ncccc23)cc1)N1CCN(C(=O)C2(O)CC2)CC1. The number of hydrogen-bond acceptors (Lipinski definition) is 4. The third kappa shape index (κ3) is 3.33. The van der Waals surface area contributed by atoms with Gasteiger partial charge >= 0.3 is 0 Å². The zero-order valence-electron chi connectivity index (χ0n) is 16.6. The fourth-order valence-corrected chi connectivity index (χ4v) is 4.07. The van der Waals surface area contributed by atoms with Crippen LogP contribution in [0.4, 0.5) is 0 Å². The van der Waals surface area contributed by atoms with E-state index in [4.69, 9.17) is 0 Å². The van der Waals surface area contributed by atoms with Crippen molar-refractivity contribution in [3.63, 3.8) is 0 Å². The molecular formula is C24H23N3O3. The Balaban J connectivity index is 1.29. The minimum atomic E-state index is -1.14. The van der Waals surface area contributed by atoms with E-state index in [0.29, 0.717) is 44.6 Å². The Morgan fingerprint density at radius 1 is 0.867 bits per heavy atom. The Morgan fingerprint density at radius 3 is 2.27 bits per heavy atom. The average molecular weight is 401 g/mol. The number of aromatic nitrogens is 1. The zero-order valence-corrected chi connectivity index (χ0v) is 16.6. The molecule has 3 aromatic rings. The molecule has 6 heteroatoms. The van der Waals surface area contributed by atoms with E-state index < -0.39 is 5.60 Å². The molecule has 1 saturated heterocycles. The highest BCUT2D eigenvalue weighted by molar-refractivity contribution is 5.97. The van der Waals surface area contributed by atoms with E-state index >= 15 is 0 Å². The smallest absolute Gasteiger partial charge is 0.254 e. The lowest BCUT2D eigenvalue weighted by molar-refractivity contribution is -0.143. The molecule has 5 rings (SSSR count). The van der Waals surface area contributed by atoms with Crippen LogP contribution >= 0.6 is 0 Å². The number of aliphatic hydroxyl groups is 1. The highest BCUT2D eigenvalue weighted by atomic mass is 16.3. The molecule has 2 aliphatic rings. The Bertz CT molecular complexity index is 1110. The fraction of sp³-hybridized carbons (Fsp3) is 0.292. The van der Waals surface area contributed by atoms with Crippen LogP contribution in [0.1, 0.15) is 23.2 Å². The van der Waals surface area contributed by atoms with Gasteiger partial charge < -0.3 is 14.9 Å². The second-order valence-corrected chi connectivity index (χ2v) is 8.07. The van der Waals surface area contributed by atoms with E-state index in [-0.39, 0.29) is 11.8 Å². The number of rotatable bonds is 3. The number of benzene rings is 2. The summed E-state index contributed by atoms with van der Waals surface area (Å²) < 4.78 is 0. The van der Waals surface area contributed by atoms with E-state index in [0.717, 1.165) is 22.0 Å². The third-order valence-electron chi connectivity index (χ3n) is 6.06. The lowest BCUT2D eigenvalue weighted by Crippen LogP contribution is -2.53. The van der Waals surface area contributed by atoms with Gasteiger partial charge in [0.05, 0.1) is 5.52 Å². The quantitative estimate of drug-likeness (QED) is 0.732. The number of fused-ring (bicyclic) bond motifs is 1. The van der Waals surface area contributed by atoms with Gasteiger partial charge in [-0.15, -0.1) is 0 Å². The molecule has 1 N–H and O–H groups in total. The van der Waals surface area contributed by atoms with E-state index in [9.17, 15) is 14.7 Å². The maximum atomic E-state index is 12.9. The van der Waals surface area contributed by atoms with Crippen molar-refractivity contribution in [2.45, 2.75) is 18.4 Å². The number of piperazine rings is 1. The topological polar surface area (TPSA) is 73.7 Å². The van der Waals surface area contributed by atoms with Gasteiger partial charge in [-0.25, -0.2) is 0 Å². The summed E-state index contributed by atoms with van der Waals surface area (Å²) in [6, 6.07) is 17.7. The highest BCUT2D eigenvalue weighted by Gasteiger charge is 2.50. The van der Waals surface area contributed by atoms with Gasteiger partial charge in [0.15, 0.2) is 0 Å². The molecular weight excluding hydrogens is 378 g/mol. The monoisotopic (exact) mass is 401 g/mol. The summed E-state index contributed by atoms with van der Waals surface area (Å²) in [6.45, 7) is 1.90. The molecule has 2 fully saturated rings. The van der Waals surface area contributed by atoms with Crippen molar-refractivity contribution in [3.8, 4) is 11.1 Å². The van der Waals surface area contributed by atoms with Crippen LogP contribution in [0.2, 0.25) is 0 Å². The molecule has 1 aliphatic heterocycles. The number of amides is 2. The molecule has 2 heterocycles. The van der Waals surface area contributed by atoms with E-state index in [1.54, 1.807) is 16.0 Å². The van der Waals surface area contributed by atoms with Gasteiger partial charge in [0, 0.05) is 43.3 Å². The second kappa shape index (κ2) is 7.22. The van der Waals surface area contributed by atoms with Gasteiger partial charge in [-0.1, -0.05) is 30.3 Å². The van der Waals surface area contributed by atoms with Crippen molar-refractivity contribution in [3.05, 3.63) is 66.4 Å². The van der Waals surface area contributed by atoms with Crippen LogP contribution in [0, 0.1) is 0 Å². The van der Waals surface area contributed by atoms with Crippen LogP contribution in [0.15, 0.2) is 60.8 Å². The summed E-state index contributed by atoms with van der Waals surface area (Å²) in [6.07, 6.45) is 2.88. The lowest BCUT2D eigenvalue weighted by Gasteiger charge is -2.35. The first kappa shape index (κ1) is 18.8. The van der Waals surface area contributed by atoms with Gasteiger partial charge in [-0.05, 0) is 48.2 Å². The molecule has 152 valence electrons. The molecule has 0 radical (unpaired) electrons. The van der Waals surface area contributed by atoms with Crippen LogP contribution in [-0.2, 0) is 4.79 Å². The Labute approximate surface area is 174 Å². The first-order valence-electron chi connectivity index (χ1n) is 10.3. The van der Waals surface area contributed by atoms with Gasteiger partial charge in [0.25, 0.3) is 11.8 Å². The van der Waals surface area contributed by atoms with E-state index in [1.165, 1.54) is 0 Å². The maximum absolute atomic E-state index is 12.9. The zero-order chi connectivity index (χ0) is 20.7. The number of carbonyl (C=O) groups is 2. The Hall–Kier alpha value is -3.25. The number of pyridine rings is 1. The van der Waals surface area contributed by atoms with Crippen molar-refractivity contribution < 1.29 is 14.7 Å². The summed E-state index contributed by atoms with van der Waals surface area (Å²) in [7, 11) is 0. The van der Waals surface area contributed by atoms with Crippen molar-refractivity contribution >= 4 is 22.7 Å². The van der Waals surface area contributed by atoms with Crippen LogP contribution in [0.3, 0.4) is 0 Å². The van der Waals surface area contributed by atoms with E-state index in [2.05, 4.69) is 17.1 Å². The Morgan fingerprint density at radius 2 is 1.57 bits per heavy atom. The molecule has 0 unspecified atom stereocenters. The van der Waals surface area contributed by atoms with Gasteiger partial charge in [0.1, 0.15) is 5.60 Å². The first-order chi connectivity index (χ1) is 14.5. The predicted octanol–water partition coefficient (Wildman–Crippen LogP) is 2.71. The lowest BCUT2D eigenvalue weighted by atomic mass is 9.99. The molecule has 30 heavy (non-hydrogen) atoms. The summed E-state index contributed by atoms with van der Waals surface area (Å²) in [4.78, 5) is 33.0. The molecule has 6 nitrogen and oxygen atoms in total. The molecule has 0 atom stereocenters. The largest absolute Gasteiger partial charge is 0.380 e. The molecule has 1 aliphatic carbocycles. The summed E-state index contributed by atoms with van der Waals surface area (Å²) in [5.74, 6) is -0.220. The highest BCUT2D eigenvalue weighted by Crippen LogP contribution is 2.37. The van der Waals surface area contributed by atoms with Crippen LogP contribution < -0.4 is 0 Å². The van der Waals surface area contributed by atoms with Crippen molar-refractivity contribution in [2.24, 2.45) is 0 Å². The molecule has 1 saturated carbocycles. The van der Waals surface area contributed by atoms with Crippen LogP contribution in [0.25, 0.3) is 22.0 Å². The normalized spacial score (nSPS) is 17.8. The standard InChI is InChI=1S/C24H23N3O3/c28-22(26-13-15-27(16-14-26)23(29)24(30)10-11-24)18-8-6-17(7-9-18)19-3-1-5-21-20(19)4-2-12-25-21/h1-9,12,30H,10-11,13-16H2. The minimum Gasteiger partial charge on any atom is -0.380 e. The van der Waals surface area contributed by atoms with Crippen LogP contribution in [0.5, 0.6) is 0 Å². The van der Waals surface area contributed by atoms with Gasteiger partial charge in [-0.2, -0.15) is 0 Å². The number of hydrogen-bond donors (Lipinski definition) is 1.